The summed E-state index contributed by atoms with van der Waals surface area (Å²) in [6.07, 6.45) is 2.13. The second-order valence-electron chi connectivity index (χ2n) is 2.01. The molecule has 0 spiro atoms. The molecule has 1 atom stereocenters. The quantitative estimate of drug-likeness (QED) is 0.437. The van der Waals surface area contributed by atoms with Crippen LogP contribution in [-0.4, -0.2) is 16.4 Å². The van der Waals surface area contributed by atoms with Crippen LogP contribution in [0.25, 0.3) is 0 Å². The highest BCUT2D eigenvalue weighted by Gasteiger charge is 2.05. The Hall–Kier alpha value is -0.960. The van der Waals surface area contributed by atoms with Crippen molar-refractivity contribution < 1.29 is 10.2 Å². The monoisotopic (exact) mass is 127 g/mol. The third-order valence-corrected chi connectivity index (χ3v) is 1.07. The van der Waals surface area contributed by atoms with Gasteiger partial charge < -0.3 is 15.5 Å². The van der Waals surface area contributed by atoms with Gasteiger partial charge in [0.2, 0.25) is 0 Å². The molecule has 50 valence electrons. The summed E-state index contributed by atoms with van der Waals surface area (Å²) in [7, 11) is 0. The Bertz CT molecular complexity index is 172. The number of dihydropyridines is 1. The fourth-order valence-corrected chi connectivity index (χ4v) is 0.748. The molecular weight excluding hydrogens is 118 g/mol. The number of hydrogen-bond acceptors (Lipinski definition) is 3. The number of rotatable bonds is 0. The highest BCUT2D eigenvalue weighted by Crippen LogP contribution is 2.04. The molecule has 0 aromatic carbocycles. The van der Waals surface area contributed by atoms with Crippen LogP contribution in [0.4, 0.5) is 0 Å². The van der Waals surface area contributed by atoms with E-state index in [0.717, 1.165) is 5.70 Å². The van der Waals surface area contributed by atoms with Crippen molar-refractivity contribution in [2.24, 2.45) is 0 Å². The fourth-order valence-electron chi connectivity index (χ4n) is 0.748. The molecule has 0 aromatic rings. The van der Waals surface area contributed by atoms with Crippen LogP contribution in [0.15, 0.2) is 23.6 Å². The first kappa shape index (κ1) is 6.16. The smallest absolute Gasteiger partial charge is 0.147 e. The Morgan fingerprint density at radius 1 is 1.67 bits per heavy atom. The lowest BCUT2D eigenvalue weighted by Gasteiger charge is -2.14. The first-order valence-corrected chi connectivity index (χ1v) is 2.72. The number of allylic oxidation sites excluding steroid dienone is 2. The van der Waals surface area contributed by atoms with Crippen molar-refractivity contribution in [1.82, 2.24) is 5.32 Å². The van der Waals surface area contributed by atoms with Gasteiger partial charge in [-0.1, -0.05) is 0 Å². The summed E-state index contributed by atoms with van der Waals surface area (Å²) in [6.45, 7) is 1.77. The Kier molecular flexibility index (Phi) is 1.44. The topological polar surface area (TPSA) is 52.5 Å². The predicted octanol–water partition coefficient (Wildman–Crippen LogP) is 0.254. The van der Waals surface area contributed by atoms with Gasteiger partial charge in [0.15, 0.2) is 0 Å². The molecular formula is C6H9NO2. The zero-order valence-corrected chi connectivity index (χ0v) is 5.13. The summed E-state index contributed by atoms with van der Waals surface area (Å²) in [4.78, 5) is 0. The lowest BCUT2D eigenvalue weighted by molar-refractivity contribution is 0.189. The average Bonchev–Trinajstić information content (AvgIpc) is 1.59. The molecule has 1 aliphatic heterocycles. The van der Waals surface area contributed by atoms with Gasteiger partial charge in [-0.2, -0.15) is 0 Å². The maximum atomic E-state index is 8.86. The molecule has 9 heavy (non-hydrogen) atoms. The molecule has 1 aliphatic rings. The molecule has 0 radical (unpaired) electrons. The van der Waals surface area contributed by atoms with Gasteiger partial charge in [0.25, 0.3) is 0 Å². The van der Waals surface area contributed by atoms with Crippen LogP contribution in [0, 0.1) is 0 Å². The van der Waals surface area contributed by atoms with Gasteiger partial charge in [-0.25, -0.2) is 0 Å². The molecule has 1 heterocycles. The Labute approximate surface area is 53.3 Å². The summed E-state index contributed by atoms with van der Waals surface area (Å²) < 4.78 is 0. The van der Waals surface area contributed by atoms with E-state index in [2.05, 4.69) is 5.32 Å². The molecule has 0 aliphatic carbocycles. The molecule has 0 aromatic heterocycles. The van der Waals surface area contributed by atoms with Crippen LogP contribution in [0.2, 0.25) is 0 Å². The van der Waals surface area contributed by atoms with Crippen molar-refractivity contribution in [3.05, 3.63) is 23.6 Å². The lowest BCUT2D eigenvalue weighted by atomic mass is 10.2. The maximum absolute atomic E-state index is 8.86. The SMILES string of the molecule is CC1=CC(O)=CC(O)N1. The third-order valence-electron chi connectivity index (χ3n) is 1.07. The molecule has 3 nitrogen and oxygen atoms in total. The largest absolute Gasteiger partial charge is 0.508 e. The number of hydrogen-bond donors (Lipinski definition) is 3. The summed E-state index contributed by atoms with van der Waals surface area (Å²) in [5, 5.41) is 20.4. The maximum Gasteiger partial charge on any atom is 0.147 e. The Morgan fingerprint density at radius 3 is 2.78 bits per heavy atom. The van der Waals surface area contributed by atoms with E-state index in [-0.39, 0.29) is 5.76 Å². The average molecular weight is 127 g/mol. The van der Waals surface area contributed by atoms with Gasteiger partial charge >= 0.3 is 0 Å². The van der Waals surface area contributed by atoms with Crippen molar-refractivity contribution in [2.75, 3.05) is 0 Å². The summed E-state index contributed by atoms with van der Waals surface area (Å²) in [5.41, 5.74) is 0.766. The molecule has 0 saturated heterocycles. The van der Waals surface area contributed by atoms with E-state index in [1.165, 1.54) is 6.08 Å². The predicted molar refractivity (Wildman–Crippen MR) is 33.6 cm³/mol. The first-order chi connectivity index (χ1) is 4.18. The number of aliphatic hydroxyl groups is 2. The zero-order chi connectivity index (χ0) is 6.85. The van der Waals surface area contributed by atoms with E-state index in [1.807, 2.05) is 0 Å². The van der Waals surface area contributed by atoms with Crippen molar-refractivity contribution >= 4 is 0 Å². The molecule has 0 saturated carbocycles. The van der Waals surface area contributed by atoms with E-state index in [0.29, 0.717) is 0 Å². The van der Waals surface area contributed by atoms with Crippen LogP contribution in [-0.2, 0) is 0 Å². The highest BCUT2D eigenvalue weighted by atomic mass is 16.3. The van der Waals surface area contributed by atoms with Gasteiger partial charge in [0, 0.05) is 11.8 Å². The van der Waals surface area contributed by atoms with Crippen molar-refractivity contribution in [2.45, 2.75) is 13.2 Å². The molecule has 3 N–H and O–H groups in total. The van der Waals surface area contributed by atoms with Gasteiger partial charge in [-0.3, -0.25) is 0 Å². The van der Waals surface area contributed by atoms with E-state index in [4.69, 9.17) is 10.2 Å². The second kappa shape index (κ2) is 2.11. The van der Waals surface area contributed by atoms with E-state index in [9.17, 15) is 0 Å². The van der Waals surface area contributed by atoms with Crippen LogP contribution in [0.1, 0.15) is 6.92 Å². The molecule has 0 fully saturated rings. The number of nitrogens with one attached hydrogen (secondary N) is 1. The second-order valence-corrected chi connectivity index (χ2v) is 2.01. The van der Waals surface area contributed by atoms with E-state index < -0.39 is 6.23 Å². The normalized spacial score (nSPS) is 26.2. The van der Waals surface area contributed by atoms with Gasteiger partial charge in [-0.05, 0) is 13.0 Å². The first-order valence-electron chi connectivity index (χ1n) is 2.72. The van der Waals surface area contributed by atoms with Crippen molar-refractivity contribution in [3.63, 3.8) is 0 Å². The van der Waals surface area contributed by atoms with E-state index in [1.54, 1.807) is 13.0 Å². The summed E-state index contributed by atoms with van der Waals surface area (Å²) >= 11 is 0. The minimum absolute atomic E-state index is 0.110. The van der Waals surface area contributed by atoms with Gasteiger partial charge in [0.05, 0.1) is 0 Å². The van der Waals surface area contributed by atoms with Gasteiger partial charge in [0.1, 0.15) is 12.0 Å². The molecule has 0 amide bonds. The van der Waals surface area contributed by atoms with Crippen molar-refractivity contribution in [3.8, 4) is 0 Å². The Morgan fingerprint density at radius 2 is 2.33 bits per heavy atom. The van der Waals surface area contributed by atoms with Crippen LogP contribution in [0.5, 0.6) is 0 Å². The van der Waals surface area contributed by atoms with Crippen LogP contribution in [0.3, 0.4) is 0 Å². The van der Waals surface area contributed by atoms with Crippen molar-refractivity contribution in [1.29, 1.82) is 0 Å². The zero-order valence-electron chi connectivity index (χ0n) is 5.13. The fraction of sp³-hybridized carbons (Fsp3) is 0.333. The van der Waals surface area contributed by atoms with Gasteiger partial charge in [-0.15, -0.1) is 0 Å². The summed E-state index contributed by atoms with van der Waals surface area (Å²) in [6, 6.07) is 0. The third kappa shape index (κ3) is 1.47. The lowest BCUT2D eigenvalue weighted by Crippen LogP contribution is -2.27. The van der Waals surface area contributed by atoms with E-state index >= 15 is 0 Å². The minimum Gasteiger partial charge on any atom is -0.508 e. The molecule has 0 bridgehead atoms. The minimum atomic E-state index is -0.741. The standard InChI is InChI=1S/C6H9NO2/c1-4-2-5(8)3-6(9)7-4/h2-3,6-9H,1H3. The van der Waals surface area contributed by atoms with Crippen LogP contribution >= 0.6 is 0 Å². The summed E-state index contributed by atoms with van der Waals surface area (Å²) in [5.74, 6) is 0.110. The van der Waals surface area contributed by atoms with Crippen LogP contribution < -0.4 is 5.32 Å². The molecule has 3 heteroatoms. The molecule has 1 unspecified atom stereocenters. The number of aliphatic hydroxyl groups excluding tert-OH is 2. The Balaban J connectivity index is 2.74. The highest BCUT2D eigenvalue weighted by molar-refractivity contribution is 5.21. The molecule has 1 rings (SSSR count).